The number of fused-ring (bicyclic) bond motifs is 4. The van der Waals surface area contributed by atoms with E-state index in [0.29, 0.717) is 5.56 Å². The van der Waals surface area contributed by atoms with E-state index in [1.54, 1.807) is 12.1 Å². The molecule has 1 aliphatic rings. The molecule has 0 aliphatic carbocycles. The third-order valence-electron chi connectivity index (χ3n) is 5.21. The minimum absolute atomic E-state index is 0.226. The third kappa shape index (κ3) is 2.02. The number of hydrogen-bond donors (Lipinski definition) is 0. The second-order valence-corrected chi connectivity index (χ2v) is 6.76. The van der Waals surface area contributed by atoms with Gasteiger partial charge in [0.1, 0.15) is 5.82 Å². The Balaban J connectivity index is 1.61. The maximum atomic E-state index is 14.2. The average molecular weight is 349 g/mol. The highest BCUT2D eigenvalue weighted by molar-refractivity contribution is 6.28. The second-order valence-electron chi connectivity index (χ2n) is 6.76. The molecule has 1 radical (unpaired) electrons. The van der Waals surface area contributed by atoms with Crippen LogP contribution in [0, 0.1) is 5.82 Å². The molecule has 0 unspecified atom stereocenters. The summed E-state index contributed by atoms with van der Waals surface area (Å²) >= 11 is 0. The molecular weight excluding hydrogens is 336 g/mol. The van der Waals surface area contributed by atoms with E-state index < -0.39 is 0 Å². The molecule has 27 heavy (non-hydrogen) atoms. The van der Waals surface area contributed by atoms with Crippen molar-refractivity contribution in [2.75, 3.05) is 0 Å². The molecule has 0 saturated heterocycles. The maximum absolute atomic E-state index is 14.2. The number of rotatable bonds is 1. The van der Waals surface area contributed by atoms with Crippen LogP contribution in [0.25, 0.3) is 32.8 Å². The highest BCUT2D eigenvalue weighted by Crippen LogP contribution is 2.27. The molecule has 0 spiro atoms. The van der Waals surface area contributed by atoms with E-state index >= 15 is 0 Å². The molecule has 0 bridgehead atoms. The summed E-state index contributed by atoms with van der Waals surface area (Å²) < 4.78 is 18.3. The quantitative estimate of drug-likeness (QED) is 0.403. The summed E-state index contributed by atoms with van der Waals surface area (Å²) in [4.78, 5) is 4.88. The van der Waals surface area contributed by atoms with Gasteiger partial charge in [-0.15, -0.1) is 0 Å². The van der Waals surface area contributed by atoms with Crippen LogP contribution in [0.15, 0.2) is 84.0 Å². The molecule has 0 atom stereocenters. The fraction of sp³-hybridized carbons (Fsp3) is 0. The average Bonchev–Trinajstić information content (AvgIpc) is 3.02. The van der Waals surface area contributed by atoms with Crippen molar-refractivity contribution in [1.82, 2.24) is 4.48 Å². The van der Waals surface area contributed by atoms with Gasteiger partial charge in [0.15, 0.2) is 0 Å². The summed E-state index contributed by atoms with van der Waals surface area (Å²) in [5, 5.41) is 3.57. The topological polar surface area (TPSA) is 21.2 Å². The van der Waals surface area contributed by atoms with Crippen molar-refractivity contribution in [2.45, 2.75) is 0 Å². The van der Waals surface area contributed by atoms with Crippen LogP contribution in [0.1, 0.15) is 0 Å². The van der Waals surface area contributed by atoms with Gasteiger partial charge in [-0.3, -0.25) is 4.48 Å². The number of halogens is 1. The Hall–Kier alpha value is -3.47. The van der Waals surface area contributed by atoms with Crippen molar-refractivity contribution < 1.29 is 8.87 Å². The molecule has 2 aromatic heterocycles. The Kier molecular flexibility index (Phi) is 2.86. The summed E-state index contributed by atoms with van der Waals surface area (Å²) in [6.07, 6.45) is 1.93. The molecule has 3 aromatic carbocycles. The van der Waals surface area contributed by atoms with Crippen molar-refractivity contribution in [3.63, 3.8) is 0 Å². The van der Waals surface area contributed by atoms with Crippen LogP contribution in [0.2, 0.25) is 0 Å². The van der Waals surface area contributed by atoms with Crippen LogP contribution >= 0.6 is 0 Å². The van der Waals surface area contributed by atoms with Crippen molar-refractivity contribution in [2.24, 2.45) is 4.99 Å². The summed E-state index contributed by atoms with van der Waals surface area (Å²) in [5.74, 6) is 0.600. The van der Waals surface area contributed by atoms with Crippen LogP contribution in [0.5, 0.6) is 0 Å². The number of hydrogen-bond acceptors (Lipinski definition) is 1. The number of nitrogens with zero attached hydrogens (tertiary/aromatic N) is 3. The van der Waals surface area contributed by atoms with E-state index in [1.807, 2.05) is 36.4 Å². The van der Waals surface area contributed by atoms with Crippen molar-refractivity contribution in [1.29, 1.82) is 0 Å². The maximum Gasteiger partial charge on any atom is 0.555 e. The van der Waals surface area contributed by atoms with Crippen molar-refractivity contribution in [3.05, 3.63) is 90.3 Å². The minimum Gasteiger partial charge on any atom is -0.307 e. The molecule has 0 amide bonds. The van der Waals surface area contributed by atoms with Gasteiger partial charge in [-0.2, -0.15) is 0 Å². The fourth-order valence-electron chi connectivity index (χ4n) is 3.97. The molecular formula is C22H13BFN3+. The molecule has 0 fully saturated rings. The van der Waals surface area contributed by atoms with Gasteiger partial charge in [0.25, 0.3) is 0 Å². The first-order chi connectivity index (χ1) is 13.3. The third-order valence-corrected chi connectivity index (χ3v) is 5.21. The van der Waals surface area contributed by atoms with E-state index in [-0.39, 0.29) is 5.82 Å². The molecule has 5 heteroatoms. The first kappa shape index (κ1) is 14.7. The van der Waals surface area contributed by atoms with Gasteiger partial charge in [0, 0.05) is 28.1 Å². The number of pyridine rings is 1. The van der Waals surface area contributed by atoms with Crippen molar-refractivity contribution >= 4 is 35.0 Å². The van der Waals surface area contributed by atoms with Crippen molar-refractivity contribution in [3.8, 4) is 11.1 Å². The van der Waals surface area contributed by atoms with E-state index in [2.05, 4.69) is 40.9 Å². The van der Waals surface area contributed by atoms with E-state index in [9.17, 15) is 4.39 Å². The number of benzene rings is 3. The van der Waals surface area contributed by atoms with Gasteiger partial charge in [0.05, 0.1) is 11.6 Å². The SMILES string of the molecule is Fc1ccccc1-c1ccc2[n+](c1)[B]n1c(c3cccc4cccc1c43)=N2. The first-order valence-electron chi connectivity index (χ1n) is 8.85. The van der Waals surface area contributed by atoms with Crippen LogP contribution in [-0.2, 0) is 0 Å². The summed E-state index contributed by atoms with van der Waals surface area (Å²) in [7, 11) is 2.02. The lowest BCUT2D eigenvalue weighted by molar-refractivity contribution is -0.518. The van der Waals surface area contributed by atoms with Gasteiger partial charge in [-0.25, -0.2) is 4.39 Å². The fourth-order valence-corrected chi connectivity index (χ4v) is 3.97. The lowest BCUT2D eigenvalue weighted by Gasteiger charge is -2.09. The molecule has 0 N–H and O–H groups in total. The monoisotopic (exact) mass is 349 g/mol. The minimum atomic E-state index is -0.226. The predicted molar refractivity (Wildman–Crippen MR) is 104 cm³/mol. The van der Waals surface area contributed by atoms with Gasteiger partial charge >= 0.3 is 13.4 Å². The Bertz CT molecular complexity index is 1420. The Morgan fingerprint density at radius 1 is 0.889 bits per heavy atom. The molecule has 1 aliphatic heterocycles. The Morgan fingerprint density at radius 2 is 1.74 bits per heavy atom. The van der Waals surface area contributed by atoms with Gasteiger partial charge in [0.2, 0.25) is 5.49 Å². The standard InChI is InChI=1S/C22H13BFN3/c24-18-9-2-1-7-16(18)15-11-12-20-25-22-17-8-3-5-14-6-4-10-19(21(14)17)27(22)23-26(20)13-15/h1-13H/q+1. The van der Waals surface area contributed by atoms with Gasteiger partial charge in [-0.05, 0) is 34.6 Å². The van der Waals surface area contributed by atoms with E-state index in [1.165, 1.54) is 16.8 Å². The lowest BCUT2D eigenvalue weighted by atomic mass is 10.0. The zero-order valence-corrected chi connectivity index (χ0v) is 14.3. The van der Waals surface area contributed by atoms with E-state index in [0.717, 1.165) is 27.8 Å². The van der Waals surface area contributed by atoms with Gasteiger partial charge < -0.3 is 4.48 Å². The zero-order valence-electron chi connectivity index (χ0n) is 14.3. The normalized spacial score (nSPS) is 12.5. The number of aromatic nitrogens is 2. The van der Waals surface area contributed by atoms with Crippen LogP contribution in [0.3, 0.4) is 0 Å². The first-order valence-corrected chi connectivity index (χ1v) is 8.85. The largest absolute Gasteiger partial charge is 0.555 e. The van der Waals surface area contributed by atoms with E-state index in [4.69, 9.17) is 4.99 Å². The smallest absolute Gasteiger partial charge is 0.307 e. The lowest BCUT2D eigenvalue weighted by Crippen LogP contribution is -2.50. The highest BCUT2D eigenvalue weighted by Gasteiger charge is 2.26. The summed E-state index contributed by atoms with van der Waals surface area (Å²) in [5.41, 5.74) is 3.46. The van der Waals surface area contributed by atoms with Crippen LogP contribution in [-0.4, -0.2) is 12.0 Å². The Morgan fingerprint density at radius 3 is 2.63 bits per heavy atom. The zero-order chi connectivity index (χ0) is 18.0. The highest BCUT2D eigenvalue weighted by atomic mass is 19.1. The molecule has 0 saturated carbocycles. The molecule has 3 heterocycles. The predicted octanol–water partition coefficient (Wildman–Crippen LogP) is 3.80. The van der Waals surface area contributed by atoms with Crippen LogP contribution in [0.4, 0.5) is 10.2 Å². The summed E-state index contributed by atoms with van der Waals surface area (Å²) in [6, 6.07) is 23.3. The molecule has 5 aromatic rings. The molecule has 125 valence electrons. The Labute approximate surface area is 155 Å². The molecule has 3 nitrogen and oxygen atoms in total. The summed E-state index contributed by atoms with van der Waals surface area (Å²) in [6.45, 7) is 0. The van der Waals surface area contributed by atoms with Crippen LogP contribution < -0.4 is 9.97 Å². The molecule has 6 rings (SSSR count). The second kappa shape index (κ2) is 5.27. The van der Waals surface area contributed by atoms with Gasteiger partial charge in [-0.1, -0.05) is 42.5 Å².